The van der Waals surface area contributed by atoms with Gasteiger partial charge in [0.15, 0.2) is 5.96 Å². The fourth-order valence-electron chi connectivity index (χ4n) is 3.52. The van der Waals surface area contributed by atoms with Crippen molar-refractivity contribution in [1.29, 1.82) is 0 Å². The molecule has 2 fully saturated rings. The molecule has 3 rings (SSSR count). The van der Waals surface area contributed by atoms with Crippen LogP contribution in [0.1, 0.15) is 25.7 Å². The van der Waals surface area contributed by atoms with Crippen molar-refractivity contribution in [2.24, 2.45) is 16.5 Å². The second-order valence-electron chi connectivity index (χ2n) is 7.34. The van der Waals surface area contributed by atoms with Gasteiger partial charge in [-0.1, -0.05) is 0 Å². The van der Waals surface area contributed by atoms with Crippen LogP contribution in [0.3, 0.4) is 0 Å². The van der Waals surface area contributed by atoms with E-state index in [9.17, 15) is 0 Å². The highest BCUT2D eigenvalue weighted by Crippen LogP contribution is 2.25. The van der Waals surface area contributed by atoms with E-state index in [0.717, 1.165) is 63.4 Å². The van der Waals surface area contributed by atoms with Gasteiger partial charge in [-0.15, -0.1) is 0 Å². The average molecular weight is 376 g/mol. The van der Waals surface area contributed by atoms with Crippen LogP contribution in [0.2, 0.25) is 0 Å². The van der Waals surface area contributed by atoms with Crippen LogP contribution in [0.25, 0.3) is 0 Å². The molecule has 2 saturated heterocycles. The number of nitrogens with zero attached hydrogens (tertiary/aromatic N) is 6. The summed E-state index contributed by atoms with van der Waals surface area (Å²) in [5, 5.41) is 3.47. The van der Waals surface area contributed by atoms with Crippen molar-refractivity contribution < 1.29 is 0 Å². The van der Waals surface area contributed by atoms with E-state index in [4.69, 9.17) is 21.4 Å². The summed E-state index contributed by atoms with van der Waals surface area (Å²) in [5.74, 6) is 2.96. The van der Waals surface area contributed by atoms with Gasteiger partial charge in [0.25, 0.3) is 0 Å². The number of likely N-dealkylation sites (N-methyl/N-ethyl adjacent to an activating group) is 1. The first-order valence-corrected chi connectivity index (χ1v) is 9.98. The number of guanidine groups is 1. The summed E-state index contributed by atoms with van der Waals surface area (Å²) in [7, 11) is 2.06. The molecule has 0 radical (unpaired) electrons. The van der Waals surface area contributed by atoms with Crippen LogP contribution in [-0.4, -0.2) is 80.2 Å². The predicted octanol–water partition coefficient (Wildman–Crippen LogP) is 0.294. The summed E-state index contributed by atoms with van der Waals surface area (Å²) in [6, 6.07) is 2.09. The van der Waals surface area contributed by atoms with Gasteiger partial charge >= 0.3 is 0 Å². The first kappa shape index (κ1) is 19.5. The number of nitrogens with one attached hydrogen (secondary N) is 1. The molecule has 9 nitrogen and oxygen atoms in total. The molecule has 2 aliphatic rings. The molecule has 0 saturated carbocycles. The summed E-state index contributed by atoms with van der Waals surface area (Å²) >= 11 is 0. The number of aliphatic imine (C=N–C) groups is 1. The molecule has 0 bridgehead atoms. The summed E-state index contributed by atoms with van der Waals surface area (Å²) in [5.41, 5.74) is 10.7. The van der Waals surface area contributed by atoms with Crippen molar-refractivity contribution in [1.82, 2.24) is 14.9 Å². The van der Waals surface area contributed by atoms with E-state index < -0.39 is 0 Å². The Balaban J connectivity index is 1.58. The van der Waals surface area contributed by atoms with Gasteiger partial charge in [-0.3, -0.25) is 4.99 Å². The lowest BCUT2D eigenvalue weighted by molar-refractivity contribution is 0.357. The maximum atomic E-state index is 5.36. The number of anilines is 3. The Morgan fingerprint density at radius 2 is 1.74 bits per heavy atom. The minimum Gasteiger partial charge on any atom is -0.370 e. The molecule has 0 aromatic carbocycles. The Morgan fingerprint density at radius 3 is 2.41 bits per heavy atom. The molecule has 0 spiro atoms. The van der Waals surface area contributed by atoms with E-state index in [1.54, 1.807) is 0 Å². The predicted molar refractivity (Wildman–Crippen MR) is 112 cm³/mol. The van der Waals surface area contributed by atoms with Crippen molar-refractivity contribution >= 4 is 23.5 Å². The molecule has 3 heterocycles. The first-order chi connectivity index (χ1) is 13.1. The second-order valence-corrected chi connectivity index (χ2v) is 7.34. The fourth-order valence-corrected chi connectivity index (χ4v) is 3.52. The number of hydrogen-bond acceptors (Lipinski definition) is 7. The number of aromatic nitrogens is 2. The molecule has 0 atom stereocenters. The lowest BCUT2D eigenvalue weighted by atomic mass is 10.4. The van der Waals surface area contributed by atoms with E-state index in [2.05, 4.69) is 38.1 Å². The zero-order valence-electron chi connectivity index (χ0n) is 16.4. The lowest BCUT2D eigenvalue weighted by Gasteiger charge is -2.22. The number of hydrogen-bond donors (Lipinski definition) is 3. The number of nitrogens with two attached hydrogens (primary N) is 2. The molecule has 150 valence electrons. The second kappa shape index (κ2) is 9.59. The van der Waals surface area contributed by atoms with Crippen LogP contribution in [-0.2, 0) is 0 Å². The van der Waals surface area contributed by atoms with Gasteiger partial charge in [0.2, 0.25) is 5.95 Å². The third-order valence-corrected chi connectivity index (χ3v) is 5.10. The van der Waals surface area contributed by atoms with Crippen LogP contribution in [0.15, 0.2) is 11.1 Å². The van der Waals surface area contributed by atoms with Gasteiger partial charge in [-0.05, 0) is 32.7 Å². The largest absolute Gasteiger partial charge is 0.370 e. The van der Waals surface area contributed by atoms with Gasteiger partial charge in [-0.2, -0.15) is 9.97 Å². The SMILES string of the molecule is CN(CCN=C(N)N)CCNc1cc(N2CCCC2)nc(N2CCCC2)n1. The standard InChI is InChI=1S/C18H33N9/c1-25(13-7-22-17(19)20)12-6-21-15-14-16(26-8-2-3-9-26)24-18(23-15)27-10-4-5-11-27/h14H,2-13H2,1H3,(H4,19,20,22)(H,21,23,24). The quantitative estimate of drug-likeness (QED) is 0.417. The Morgan fingerprint density at radius 1 is 1.07 bits per heavy atom. The Hall–Kier alpha value is -2.29. The number of rotatable bonds is 9. The third kappa shape index (κ3) is 5.85. The van der Waals surface area contributed by atoms with E-state index >= 15 is 0 Å². The molecular weight excluding hydrogens is 342 g/mol. The zero-order valence-corrected chi connectivity index (χ0v) is 16.4. The van der Waals surface area contributed by atoms with Crippen molar-refractivity contribution in [3.05, 3.63) is 6.07 Å². The summed E-state index contributed by atoms with van der Waals surface area (Å²) in [6.45, 7) is 7.42. The van der Waals surface area contributed by atoms with Crippen molar-refractivity contribution in [2.45, 2.75) is 25.7 Å². The highest BCUT2D eigenvalue weighted by molar-refractivity contribution is 5.75. The maximum absolute atomic E-state index is 5.36. The normalized spacial score (nSPS) is 17.0. The Labute approximate surface area is 161 Å². The van der Waals surface area contributed by atoms with Crippen LogP contribution < -0.4 is 26.6 Å². The van der Waals surface area contributed by atoms with Crippen molar-refractivity contribution in [3.63, 3.8) is 0 Å². The smallest absolute Gasteiger partial charge is 0.229 e. The molecule has 2 aliphatic heterocycles. The van der Waals surface area contributed by atoms with E-state index in [-0.39, 0.29) is 5.96 Å². The first-order valence-electron chi connectivity index (χ1n) is 9.98. The van der Waals surface area contributed by atoms with Gasteiger partial charge in [0.05, 0.1) is 6.54 Å². The van der Waals surface area contributed by atoms with Crippen LogP contribution in [0.4, 0.5) is 17.6 Å². The van der Waals surface area contributed by atoms with Gasteiger partial charge in [-0.25, -0.2) is 0 Å². The third-order valence-electron chi connectivity index (χ3n) is 5.10. The summed E-state index contributed by atoms with van der Waals surface area (Å²) in [4.78, 5) is 20.5. The van der Waals surface area contributed by atoms with E-state index in [0.29, 0.717) is 6.54 Å². The summed E-state index contributed by atoms with van der Waals surface area (Å²) < 4.78 is 0. The monoisotopic (exact) mass is 375 g/mol. The topological polar surface area (TPSA) is 112 Å². The molecule has 1 aromatic rings. The maximum Gasteiger partial charge on any atom is 0.229 e. The highest BCUT2D eigenvalue weighted by Gasteiger charge is 2.20. The molecule has 0 unspecified atom stereocenters. The highest BCUT2D eigenvalue weighted by atomic mass is 15.3. The van der Waals surface area contributed by atoms with E-state index in [1.807, 2.05) is 0 Å². The molecule has 27 heavy (non-hydrogen) atoms. The van der Waals surface area contributed by atoms with Crippen molar-refractivity contribution in [3.8, 4) is 0 Å². The zero-order chi connectivity index (χ0) is 19.1. The lowest BCUT2D eigenvalue weighted by Crippen LogP contribution is -2.30. The minimum atomic E-state index is 0.145. The minimum absolute atomic E-state index is 0.145. The van der Waals surface area contributed by atoms with Gasteiger partial charge < -0.3 is 31.5 Å². The average Bonchev–Trinajstić information content (AvgIpc) is 3.35. The fraction of sp³-hybridized carbons (Fsp3) is 0.722. The molecule has 0 aliphatic carbocycles. The molecule has 5 N–H and O–H groups in total. The molecule has 0 amide bonds. The molecule has 1 aromatic heterocycles. The van der Waals surface area contributed by atoms with Gasteiger partial charge in [0, 0.05) is 51.9 Å². The van der Waals surface area contributed by atoms with E-state index in [1.165, 1.54) is 25.7 Å². The molecular formula is C18H33N9. The Bertz CT molecular complexity index is 583. The van der Waals surface area contributed by atoms with Crippen LogP contribution in [0, 0.1) is 0 Å². The Kier molecular flexibility index (Phi) is 6.92. The van der Waals surface area contributed by atoms with Gasteiger partial charge in [0.1, 0.15) is 11.6 Å². The summed E-state index contributed by atoms with van der Waals surface area (Å²) in [6.07, 6.45) is 4.93. The van der Waals surface area contributed by atoms with Crippen molar-refractivity contribution in [2.75, 3.05) is 74.5 Å². The molecule has 9 heteroatoms. The van der Waals surface area contributed by atoms with Crippen LogP contribution >= 0.6 is 0 Å². The van der Waals surface area contributed by atoms with Crippen LogP contribution in [0.5, 0.6) is 0 Å².